The fraction of sp³-hybridized carbons (Fsp3) is 0.400. The Morgan fingerprint density at radius 2 is 1.92 bits per heavy atom. The van der Waals surface area contributed by atoms with Gasteiger partial charge in [-0.1, -0.05) is 12.1 Å². The normalized spacial score (nSPS) is 22.9. The van der Waals surface area contributed by atoms with Gasteiger partial charge in [-0.3, -0.25) is 4.90 Å². The summed E-state index contributed by atoms with van der Waals surface area (Å²) in [6, 6.07) is 12.2. The number of phenols is 1. The van der Waals surface area contributed by atoms with Crippen molar-refractivity contribution in [3.8, 4) is 22.6 Å². The zero-order valence-electron chi connectivity index (χ0n) is 13.6. The zero-order valence-corrected chi connectivity index (χ0v) is 13.6. The number of likely N-dealkylation sites (tertiary alicyclic amines) is 1. The van der Waals surface area contributed by atoms with E-state index in [-0.39, 0.29) is 11.6 Å². The van der Waals surface area contributed by atoms with Gasteiger partial charge in [0.05, 0.1) is 0 Å². The molecule has 2 aromatic rings. The van der Waals surface area contributed by atoms with E-state index in [1.807, 2.05) is 6.07 Å². The lowest BCUT2D eigenvalue weighted by atomic mass is 10.1. The van der Waals surface area contributed by atoms with Gasteiger partial charge < -0.3 is 9.84 Å². The van der Waals surface area contributed by atoms with Crippen molar-refractivity contribution in [2.24, 2.45) is 5.92 Å². The molecule has 1 aliphatic carbocycles. The maximum Gasteiger partial charge on any atom is 0.127 e. The predicted molar refractivity (Wildman–Crippen MR) is 91.7 cm³/mol. The van der Waals surface area contributed by atoms with Crippen molar-refractivity contribution in [1.29, 1.82) is 0 Å². The number of hydrogen-bond acceptors (Lipinski definition) is 3. The van der Waals surface area contributed by atoms with Gasteiger partial charge in [0.15, 0.2) is 0 Å². The standard InChI is InChI=1S/C20H22FNO2/c21-17-10-16(15-2-5-19(23)6-3-15)11-20(12-17)24-8-7-22-13-14-1-4-18(22)9-14/h2-3,5-6,10-12,14,18,23H,1,4,7-9,13H2/t14-,18+/m0/s1. The summed E-state index contributed by atoms with van der Waals surface area (Å²) in [5, 5.41) is 9.37. The molecular formula is C20H22FNO2. The van der Waals surface area contributed by atoms with Gasteiger partial charge in [0.2, 0.25) is 0 Å². The largest absolute Gasteiger partial charge is 0.508 e. The minimum absolute atomic E-state index is 0.200. The Morgan fingerprint density at radius 3 is 2.62 bits per heavy atom. The number of halogens is 1. The van der Waals surface area contributed by atoms with E-state index in [0.29, 0.717) is 12.4 Å². The summed E-state index contributed by atoms with van der Waals surface area (Å²) in [6.45, 7) is 2.68. The van der Waals surface area contributed by atoms with Crippen molar-refractivity contribution in [3.63, 3.8) is 0 Å². The Kier molecular flexibility index (Phi) is 4.15. The third-order valence-corrected chi connectivity index (χ3v) is 5.24. The molecule has 2 atom stereocenters. The van der Waals surface area contributed by atoms with Crippen LogP contribution in [-0.2, 0) is 0 Å². The van der Waals surface area contributed by atoms with Crippen molar-refractivity contribution in [3.05, 3.63) is 48.3 Å². The smallest absolute Gasteiger partial charge is 0.127 e. The maximum absolute atomic E-state index is 13.9. The monoisotopic (exact) mass is 327 g/mol. The molecule has 126 valence electrons. The van der Waals surface area contributed by atoms with Crippen LogP contribution in [0.3, 0.4) is 0 Å². The molecule has 1 heterocycles. The van der Waals surface area contributed by atoms with Crippen molar-refractivity contribution >= 4 is 0 Å². The van der Waals surface area contributed by atoms with Crippen molar-refractivity contribution in [2.45, 2.75) is 25.3 Å². The van der Waals surface area contributed by atoms with E-state index >= 15 is 0 Å². The van der Waals surface area contributed by atoms with Gasteiger partial charge >= 0.3 is 0 Å². The first-order valence-electron chi connectivity index (χ1n) is 8.64. The van der Waals surface area contributed by atoms with Crippen LogP contribution in [0, 0.1) is 11.7 Å². The molecule has 2 bridgehead atoms. The number of rotatable bonds is 5. The number of fused-ring (bicyclic) bond motifs is 2. The maximum atomic E-state index is 13.9. The van der Waals surface area contributed by atoms with Crippen LogP contribution in [0.1, 0.15) is 19.3 Å². The first kappa shape index (κ1) is 15.5. The summed E-state index contributed by atoms with van der Waals surface area (Å²) in [4.78, 5) is 2.51. The number of nitrogens with zero attached hydrogens (tertiary/aromatic N) is 1. The van der Waals surface area contributed by atoms with E-state index in [4.69, 9.17) is 4.74 Å². The average molecular weight is 327 g/mol. The first-order chi connectivity index (χ1) is 11.7. The molecule has 0 radical (unpaired) electrons. The Bertz CT molecular complexity index is 716. The van der Waals surface area contributed by atoms with Crippen LogP contribution in [0.15, 0.2) is 42.5 Å². The lowest BCUT2D eigenvalue weighted by molar-refractivity contribution is 0.172. The fourth-order valence-corrected chi connectivity index (χ4v) is 4.05. The molecule has 4 heteroatoms. The Balaban J connectivity index is 1.40. The van der Waals surface area contributed by atoms with Gasteiger partial charge in [0, 0.05) is 25.2 Å². The molecule has 1 saturated carbocycles. The van der Waals surface area contributed by atoms with Gasteiger partial charge in [0.25, 0.3) is 0 Å². The third kappa shape index (κ3) is 3.24. The number of benzene rings is 2. The lowest BCUT2D eigenvalue weighted by Crippen LogP contribution is -2.35. The van der Waals surface area contributed by atoms with E-state index in [0.717, 1.165) is 29.6 Å². The van der Waals surface area contributed by atoms with Crippen LogP contribution in [0.2, 0.25) is 0 Å². The van der Waals surface area contributed by atoms with Crippen LogP contribution < -0.4 is 4.74 Å². The van der Waals surface area contributed by atoms with Gasteiger partial charge in [-0.25, -0.2) is 4.39 Å². The fourth-order valence-electron chi connectivity index (χ4n) is 4.05. The van der Waals surface area contributed by atoms with Crippen LogP contribution in [0.5, 0.6) is 11.5 Å². The molecule has 1 aliphatic heterocycles. The molecule has 2 aliphatic rings. The SMILES string of the molecule is Oc1ccc(-c2cc(F)cc(OCCN3C[C@H]4CC[C@@H]3C4)c2)cc1. The van der Waals surface area contributed by atoms with Gasteiger partial charge in [0.1, 0.15) is 23.9 Å². The van der Waals surface area contributed by atoms with E-state index in [1.54, 1.807) is 24.3 Å². The van der Waals surface area contributed by atoms with E-state index in [9.17, 15) is 9.50 Å². The van der Waals surface area contributed by atoms with Crippen LogP contribution in [-0.4, -0.2) is 35.7 Å². The molecule has 0 spiro atoms. The van der Waals surface area contributed by atoms with Crippen LogP contribution in [0.4, 0.5) is 4.39 Å². The highest BCUT2D eigenvalue weighted by atomic mass is 19.1. The van der Waals surface area contributed by atoms with E-state index in [2.05, 4.69) is 4.90 Å². The molecule has 1 N–H and O–H groups in total. The number of aromatic hydroxyl groups is 1. The zero-order chi connectivity index (χ0) is 16.5. The first-order valence-corrected chi connectivity index (χ1v) is 8.64. The number of hydrogen-bond donors (Lipinski definition) is 1. The predicted octanol–water partition coefficient (Wildman–Crippen LogP) is 4.06. The Morgan fingerprint density at radius 1 is 1.08 bits per heavy atom. The molecule has 2 fully saturated rings. The summed E-state index contributed by atoms with van der Waals surface area (Å²) >= 11 is 0. The summed E-state index contributed by atoms with van der Waals surface area (Å²) in [7, 11) is 0. The van der Waals surface area contributed by atoms with E-state index < -0.39 is 0 Å². The molecule has 0 aromatic heterocycles. The van der Waals surface area contributed by atoms with Crippen LogP contribution >= 0.6 is 0 Å². The van der Waals surface area contributed by atoms with Crippen LogP contribution in [0.25, 0.3) is 11.1 Å². The highest BCUT2D eigenvalue weighted by Crippen LogP contribution is 2.37. The lowest BCUT2D eigenvalue weighted by Gasteiger charge is -2.26. The Labute approximate surface area is 141 Å². The van der Waals surface area contributed by atoms with Gasteiger partial charge in [-0.2, -0.15) is 0 Å². The van der Waals surface area contributed by atoms with Crippen molar-refractivity contribution in [2.75, 3.05) is 19.7 Å². The van der Waals surface area contributed by atoms with Crippen molar-refractivity contribution < 1.29 is 14.2 Å². The summed E-state index contributed by atoms with van der Waals surface area (Å²) in [5.41, 5.74) is 1.61. The highest BCUT2D eigenvalue weighted by molar-refractivity contribution is 5.65. The average Bonchev–Trinajstić information content (AvgIpc) is 3.18. The Hall–Kier alpha value is -2.07. The second-order valence-electron chi connectivity index (χ2n) is 6.90. The van der Waals surface area contributed by atoms with Gasteiger partial charge in [-0.05, 0) is 60.6 Å². The molecule has 0 unspecified atom stereocenters. The molecular weight excluding hydrogens is 305 g/mol. The van der Waals surface area contributed by atoms with Gasteiger partial charge in [-0.15, -0.1) is 0 Å². The molecule has 0 amide bonds. The second-order valence-corrected chi connectivity index (χ2v) is 6.90. The molecule has 24 heavy (non-hydrogen) atoms. The highest BCUT2D eigenvalue weighted by Gasteiger charge is 2.37. The summed E-state index contributed by atoms with van der Waals surface area (Å²) < 4.78 is 19.7. The molecule has 4 rings (SSSR count). The number of ether oxygens (including phenoxy) is 1. The quantitative estimate of drug-likeness (QED) is 0.899. The van der Waals surface area contributed by atoms with Crippen molar-refractivity contribution in [1.82, 2.24) is 4.90 Å². The summed E-state index contributed by atoms with van der Waals surface area (Å²) in [6.07, 6.45) is 4.03. The van der Waals surface area contributed by atoms with E-state index in [1.165, 1.54) is 37.9 Å². The molecule has 2 aromatic carbocycles. The number of phenolic OH excluding ortho intramolecular Hbond substituents is 1. The molecule has 1 saturated heterocycles. The third-order valence-electron chi connectivity index (χ3n) is 5.24. The molecule has 3 nitrogen and oxygen atoms in total. The summed E-state index contributed by atoms with van der Waals surface area (Å²) in [5.74, 6) is 1.33. The minimum atomic E-state index is -0.309. The topological polar surface area (TPSA) is 32.7 Å². The second kappa shape index (κ2) is 6.44. The minimum Gasteiger partial charge on any atom is -0.508 e. The number of piperidine rings is 1.